The number of benzene rings is 1. The van der Waals surface area contributed by atoms with Crippen LogP contribution in [0.3, 0.4) is 0 Å². The Balaban J connectivity index is 1.59. The van der Waals surface area contributed by atoms with Crippen molar-refractivity contribution >= 4 is 55.2 Å². The van der Waals surface area contributed by atoms with Gasteiger partial charge in [0.15, 0.2) is 11.7 Å². The number of amides is 1. The van der Waals surface area contributed by atoms with Crippen LogP contribution in [0, 0.1) is 10.1 Å². The summed E-state index contributed by atoms with van der Waals surface area (Å²) in [7, 11) is -3.95. The molecular weight excluding hydrogens is 454 g/mol. The summed E-state index contributed by atoms with van der Waals surface area (Å²) in [6.07, 6.45) is 1.12. The van der Waals surface area contributed by atoms with Gasteiger partial charge < -0.3 is 4.74 Å². The van der Waals surface area contributed by atoms with E-state index >= 15 is 0 Å². The second-order valence-corrected chi connectivity index (χ2v) is 9.94. The van der Waals surface area contributed by atoms with E-state index in [0.717, 1.165) is 35.3 Å². The first-order chi connectivity index (χ1) is 14.3. The molecule has 0 aliphatic heterocycles. The fourth-order valence-corrected chi connectivity index (χ4v) is 5.35. The first-order valence-electron chi connectivity index (χ1n) is 8.19. The van der Waals surface area contributed by atoms with E-state index in [2.05, 4.69) is 10.3 Å². The summed E-state index contributed by atoms with van der Waals surface area (Å²) >= 11 is 2.10. The molecule has 3 aromatic rings. The highest BCUT2D eigenvalue weighted by atomic mass is 32.2. The van der Waals surface area contributed by atoms with E-state index in [1.54, 1.807) is 12.1 Å². The summed E-state index contributed by atoms with van der Waals surface area (Å²) in [5.41, 5.74) is -0.236. The number of sulfone groups is 1. The lowest BCUT2D eigenvalue weighted by Crippen LogP contribution is -2.21. The second-order valence-electron chi connectivity index (χ2n) is 5.70. The lowest BCUT2D eigenvalue weighted by Gasteiger charge is -2.04. The van der Waals surface area contributed by atoms with Crippen molar-refractivity contribution in [2.75, 3.05) is 11.9 Å². The number of carbonyl (C=O) groups excluding carboxylic acids is 2. The van der Waals surface area contributed by atoms with Gasteiger partial charge in [0.25, 0.3) is 11.6 Å². The molecule has 0 radical (unpaired) electrons. The van der Waals surface area contributed by atoms with Gasteiger partial charge >= 0.3 is 5.97 Å². The van der Waals surface area contributed by atoms with E-state index in [-0.39, 0.29) is 26.3 Å². The molecule has 3 rings (SSSR count). The number of nitro benzene ring substituents is 1. The first kappa shape index (κ1) is 21.5. The van der Waals surface area contributed by atoms with Crippen LogP contribution in [0.5, 0.6) is 0 Å². The average molecular weight is 468 g/mol. The number of carbonyl (C=O) groups is 2. The van der Waals surface area contributed by atoms with Crippen LogP contribution in [-0.4, -0.2) is 36.8 Å². The van der Waals surface area contributed by atoms with Gasteiger partial charge in [-0.1, -0.05) is 17.4 Å². The van der Waals surface area contributed by atoms with Crippen molar-refractivity contribution in [1.82, 2.24) is 4.98 Å². The molecule has 0 aliphatic rings. The van der Waals surface area contributed by atoms with Crippen LogP contribution in [0.1, 0.15) is 4.88 Å². The fourth-order valence-electron chi connectivity index (χ4n) is 2.21. The van der Waals surface area contributed by atoms with Crippen molar-refractivity contribution < 1.29 is 27.7 Å². The number of non-ortho nitro benzene ring substituents is 1. The third kappa shape index (κ3) is 5.25. The standard InChI is InChI=1S/C17H13N3O7S3/c21-14(10-27-15(22)8-12-2-1-7-28-12)19-17-18-9-16(29-17)30(25,26)13-5-3-11(4-6-13)20(23)24/h1-7,9H,8,10H2,(H,18,19,21). The monoisotopic (exact) mass is 467 g/mol. The van der Waals surface area contributed by atoms with E-state index in [4.69, 9.17) is 4.74 Å². The number of thiophene rings is 1. The molecule has 0 aliphatic carbocycles. The molecule has 1 N–H and O–H groups in total. The zero-order valence-electron chi connectivity index (χ0n) is 15.0. The summed E-state index contributed by atoms with van der Waals surface area (Å²) in [6.45, 7) is -0.534. The zero-order chi connectivity index (χ0) is 21.7. The van der Waals surface area contributed by atoms with Gasteiger partial charge in [0, 0.05) is 17.0 Å². The van der Waals surface area contributed by atoms with Crippen molar-refractivity contribution in [3.05, 3.63) is 63.0 Å². The molecule has 156 valence electrons. The van der Waals surface area contributed by atoms with Crippen LogP contribution in [0.2, 0.25) is 0 Å². The molecule has 10 nitrogen and oxygen atoms in total. The van der Waals surface area contributed by atoms with Crippen LogP contribution in [0.15, 0.2) is 57.1 Å². The number of nitro groups is 1. The number of thiazole rings is 1. The van der Waals surface area contributed by atoms with Crippen LogP contribution in [0.4, 0.5) is 10.8 Å². The van der Waals surface area contributed by atoms with Crippen LogP contribution >= 0.6 is 22.7 Å². The van der Waals surface area contributed by atoms with Gasteiger partial charge in [-0.25, -0.2) is 13.4 Å². The highest BCUT2D eigenvalue weighted by molar-refractivity contribution is 7.93. The molecule has 1 aromatic carbocycles. The van der Waals surface area contributed by atoms with Gasteiger partial charge in [-0.05, 0) is 23.6 Å². The highest BCUT2D eigenvalue weighted by Gasteiger charge is 2.22. The number of ether oxygens (including phenoxy) is 1. The normalized spacial score (nSPS) is 11.1. The van der Waals surface area contributed by atoms with Crippen molar-refractivity contribution in [2.45, 2.75) is 15.5 Å². The number of nitrogens with one attached hydrogen (secondary N) is 1. The average Bonchev–Trinajstić information content (AvgIpc) is 3.39. The van der Waals surface area contributed by atoms with E-state index < -0.39 is 33.2 Å². The number of esters is 1. The summed E-state index contributed by atoms with van der Waals surface area (Å²) < 4.78 is 29.9. The van der Waals surface area contributed by atoms with Gasteiger partial charge in [0.05, 0.1) is 22.4 Å². The van der Waals surface area contributed by atoms with E-state index in [1.807, 2.05) is 5.38 Å². The second kappa shape index (κ2) is 9.11. The van der Waals surface area contributed by atoms with Gasteiger partial charge in [-0.3, -0.25) is 25.0 Å². The predicted molar refractivity (Wildman–Crippen MR) is 108 cm³/mol. The van der Waals surface area contributed by atoms with Crippen molar-refractivity contribution in [1.29, 1.82) is 0 Å². The largest absolute Gasteiger partial charge is 0.455 e. The van der Waals surface area contributed by atoms with E-state index in [1.165, 1.54) is 11.3 Å². The first-order valence-corrected chi connectivity index (χ1v) is 11.4. The van der Waals surface area contributed by atoms with Crippen molar-refractivity contribution in [3.8, 4) is 0 Å². The number of aromatic nitrogens is 1. The summed E-state index contributed by atoms with van der Waals surface area (Å²) in [5, 5.41) is 14.9. The zero-order valence-corrected chi connectivity index (χ0v) is 17.5. The molecule has 0 fully saturated rings. The Kier molecular flexibility index (Phi) is 6.54. The number of anilines is 1. The lowest BCUT2D eigenvalue weighted by molar-refractivity contribution is -0.384. The number of hydrogen-bond donors (Lipinski definition) is 1. The molecule has 0 saturated heterocycles. The number of rotatable bonds is 8. The SMILES string of the molecule is O=C(COC(=O)Cc1cccs1)Nc1ncc(S(=O)(=O)c2ccc([N+](=O)[O-])cc2)s1. The summed E-state index contributed by atoms with van der Waals surface area (Å²) in [5.74, 6) is -1.23. The molecule has 0 atom stereocenters. The van der Waals surface area contributed by atoms with E-state index in [9.17, 15) is 28.1 Å². The van der Waals surface area contributed by atoms with Gasteiger partial charge in [0.1, 0.15) is 4.21 Å². The topological polar surface area (TPSA) is 146 Å². The maximum Gasteiger partial charge on any atom is 0.311 e. The smallest absolute Gasteiger partial charge is 0.311 e. The molecule has 13 heteroatoms. The Morgan fingerprint density at radius 2 is 1.93 bits per heavy atom. The Bertz CT molecular complexity index is 1170. The minimum absolute atomic E-state index is 0.00907. The molecule has 1 amide bonds. The minimum Gasteiger partial charge on any atom is -0.455 e. The molecule has 0 spiro atoms. The van der Waals surface area contributed by atoms with Crippen LogP contribution in [0.25, 0.3) is 0 Å². The van der Waals surface area contributed by atoms with Gasteiger partial charge in [-0.15, -0.1) is 11.3 Å². The van der Waals surface area contributed by atoms with Crippen LogP contribution in [-0.2, 0) is 30.6 Å². The Labute approximate surface area is 178 Å². The third-order valence-electron chi connectivity index (χ3n) is 3.62. The molecule has 2 heterocycles. The van der Waals surface area contributed by atoms with Crippen molar-refractivity contribution in [3.63, 3.8) is 0 Å². The molecular formula is C17H13N3O7S3. The third-order valence-corrected chi connectivity index (χ3v) is 7.64. The maximum atomic E-state index is 12.6. The maximum absolute atomic E-state index is 12.6. The molecule has 0 unspecified atom stereocenters. The number of nitrogens with zero attached hydrogens (tertiary/aromatic N) is 2. The van der Waals surface area contributed by atoms with Crippen molar-refractivity contribution in [2.24, 2.45) is 0 Å². The quantitative estimate of drug-likeness (QED) is 0.302. The molecule has 0 bridgehead atoms. The molecule has 30 heavy (non-hydrogen) atoms. The van der Waals surface area contributed by atoms with Gasteiger partial charge in [-0.2, -0.15) is 0 Å². The molecule has 0 saturated carbocycles. The van der Waals surface area contributed by atoms with Gasteiger partial charge in [0.2, 0.25) is 9.84 Å². The van der Waals surface area contributed by atoms with E-state index in [0.29, 0.717) is 11.3 Å². The summed E-state index contributed by atoms with van der Waals surface area (Å²) in [6, 6.07) is 7.98. The Morgan fingerprint density at radius 3 is 2.57 bits per heavy atom. The Morgan fingerprint density at radius 1 is 1.20 bits per heavy atom. The Hall–Kier alpha value is -3.16. The highest BCUT2D eigenvalue weighted by Crippen LogP contribution is 2.29. The lowest BCUT2D eigenvalue weighted by atomic mass is 10.3. The summed E-state index contributed by atoms with van der Waals surface area (Å²) in [4.78, 5) is 38.2. The fraction of sp³-hybridized carbons (Fsp3) is 0.118. The molecule has 2 aromatic heterocycles. The minimum atomic E-state index is -3.95. The van der Waals surface area contributed by atoms with Crippen LogP contribution < -0.4 is 5.32 Å². The number of hydrogen-bond acceptors (Lipinski definition) is 10. The predicted octanol–water partition coefficient (Wildman–Crippen LogP) is 2.67.